The molecule has 124 valence electrons. The van der Waals surface area contributed by atoms with Crippen molar-refractivity contribution < 1.29 is 14.3 Å². The molecule has 5 nitrogen and oxygen atoms in total. The van der Waals surface area contributed by atoms with Crippen LogP contribution in [0.4, 0.5) is 0 Å². The van der Waals surface area contributed by atoms with Crippen LogP contribution in [0.5, 0.6) is 0 Å². The number of morpholine rings is 1. The minimum absolute atomic E-state index is 0. The maximum absolute atomic E-state index is 12.8. The number of ether oxygens (including phenoxy) is 2. The molecule has 2 aliphatic heterocycles. The number of amides is 1. The summed E-state index contributed by atoms with van der Waals surface area (Å²) in [5, 5.41) is 0. The highest BCUT2D eigenvalue weighted by atomic mass is 35.5. The van der Waals surface area contributed by atoms with Crippen LogP contribution in [0.15, 0.2) is 0 Å². The highest BCUT2D eigenvalue weighted by Gasteiger charge is 2.40. The zero-order valence-electron chi connectivity index (χ0n) is 13.2. The zero-order chi connectivity index (χ0) is 14.6. The monoisotopic (exact) mass is 320 g/mol. The molecule has 2 aliphatic rings. The molecule has 0 radical (unpaired) electrons. The van der Waals surface area contributed by atoms with E-state index < -0.39 is 5.41 Å². The van der Waals surface area contributed by atoms with Crippen molar-refractivity contribution in [2.75, 3.05) is 32.8 Å². The van der Waals surface area contributed by atoms with E-state index in [1.807, 2.05) is 18.7 Å². The Morgan fingerprint density at radius 3 is 2.43 bits per heavy atom. The van der Waals surface area contributed by atoms with Gasteiger partial charge in [0.1, 0.15) is 6.10 Å². The van der Waals surface area contributed by atoms with Crippen LogP contribution in [0.1, 0.15) is 39.5 Å². The van der Waals surface area contributed by atoms with Gasteiger partial charge in [-0.2, -0.15) is 0 Å². The Morgan fingerprint density at radius 2 is 1.90 bits per heavy atom. The van der Waals surface area contributed by atoms with Crippen LogP contribution < -0.4 is 5.73 Å². The van der Waals surface area contributed by atoms with E-state index in [4.69, 9.17) is 15.2 Å². The molecular weight excluding hydrogens is 292 g/mol. The lowest BCUT2D eigenvalue weighted by molar-refractivity contribution is -0.155. The summed E-state index contributed by atoms with van der Waals surface area (Å²) in [6.45, 7) is 7.24. The predicted molar refractivity (Wildman–Crippen MR) is 84.6 cm³/mol. The zero-order valence-corrected chi connectivity index (χ0v) is 14.0. The van der Waals surface area contributed by atoms with Gasteiger partial charge in [-0.15, -0.1) is 12.4 Å². The Morgan fingerprint density at radius 1 is 1.24 bits per heavy atom. The third-order valence-corrected chi connectivity index (χ3v) is 4.96. The number of nitrogens with two attached hydrogens (primary N) is 1. The first-order valence-corrected chi connectivity index (χ1v) is 7.89. The normalized spacial score (nSPS) is 26.5. The van der Waals surface area contributed by atoms with E-state index in [0.29, 0.717) is 26.2 Å². The molecule has 21 heavy (non-hydrogen) atoms. The second-order valence-electron chi connectivity index (χ2n) is 5.90. The van der Waals surface area contributed by atoms with Crippen LogP contribution in [0, 0.1) is 5.41 Å². The fourth-order valence-electron chi connectivity index (χ4n) is 3.24. The second kappa shape index (κ2) is 8.32. The summed E-state index contributed by atoms with van der Waals surface area (Å²) in [5.41, 5.74) is 5.49. The minimum Gasteiger partial charge on any atom is -0.375 e. The van der Waals surface area contributed by atoms with Crippen LogP contribution in [-0.4, -0.2) is 55.9 Å². The average molecular weight is 321 g/mol. The Kier molecular flexibility index (Phi) is 7.40. The van der Waals surface area contributed by atoms with E-state index in [1.165, 1.54) is 0 Å². The molecule has 0 aromatic heterocycles. The molecule has 2 atom stereocenters. The molecule has 2 fully saturated rings. The van der Waals surface area contributed by atoms with Crippen molar-refractivity contribution in [3.05, 3.63) is 0 Å². The molecule has 0 bridgehead atoms. The van der Waals surface area contributed by atoms with Gasteiger partial charge in [0.25, 0.3) is 0 Å². The molecule has 2 heterocycles. The predicted octanol–water partition coefficient (Wildman–Crippen LogP) is 1.58. The fourth-order valence-corrected chi connectivity index (χ4v) is 3.24. The molecule has 0 spiro atoms. The molecule has 1 amide bonds. The summed E-state index contributed by atoms with van der Waals surface area (Å²) < 4.78 is 11.5. The molecule has 2 rings (SSSR count). The number of nitrogens with zero attached hydrogens (tertiary/aromatic N) is 1. The lowest BCUT2D eigenvalue weighted by Crippen LogP contribution is -2.55. The van der Waals surface area contributed by atoms with Gasteiger partial charge in [-0.3, -0.25) is 4.79 Å². The molecule has 0 aromatic rings. The Balaban J connectivity index is 0.00000220. The summed E-state index contributed by atoms with van der Waals surface area (Å²) in [6, 6.07) is 0. The SMILES string of the molecule is CCC(CC)(CN)C(=O)N1CCOC(C2CCCO2)C1.Cl. The summed E-state index contributed by atoms with van der Waals surface area (Å²) in [7, 11) is 0. The van der Waals surface area contributed by atoms with Crippen LogP contribution in [0.3, 0.4) is 0 Å². The minimum atomic E-state index is -0.404. The van der Waals surface area contributed by atoms with Crippen LogP contribution in [-0.2, 0) is 14.3 Å². The number of carbonyl (C=O) groups is 1. The maximum atomic E-state index is 12.8. The van der Waals surface area contributed by atoms with E-state index in [2.05, 4.69) is 0 Å². The van der Waals surface area contributed by atoms with Crippen LogP contribution >= 0.6 is 12.4 Å². The number of hydrogen-bond donors (Lipinski definition) is 1. The van der Waals surface area contributed by atoms with Crippen molar-refractivity contribution in [1.29, 1.82) is 0 Å². The van der Waals surface area contributed by atoms with Crippen LogP contribution in [0.25, 0.3) is 0 Å². The molecule has 2 saturated heterocycles. The highest BCUT2D eigenvalue weighted by Crippen LogP contribution is 2.29. The Bertz CT molecular complexity index is 323. The average Bonchev–Trinajstić information content (AvgIpc) is 3.04. The molecule has 0 aromatic carbocycles. The second-order valence-corrected chi connectivity index (χ2v) is 5.90. The first-order chi connectivity index (χ1) is 9.66. The summed E-state index contributed by atoms with van der Waals surface area (Å²) in [4.78, 5) is 14.8. The van der Waals surface area contributed by atoms with Crippen molar-refractivity contribution in [3.8, 4) is 0 Å². The Hall–Kier alpha value is -0.360. The maximum Gasteiger partial charge on any atom is 0.230 e. The van der Waals surface area contributed by atoms with Crippen LogP contribution in [0.2, 0.25) is 0 Å². The van der Waals surface area contributed by atoms with E-state index in [-0.39, 0.29) is 30.5 Å². The fraction of sp³-hybridized carbons (Fsp3) is 0.933. The standard InChI is InChI=1S/C15H28N2O3.ClH/c1-3-15(4-2,11-16)14(18)17-7-9-20-13(10-17)12-6-5-8-19-12;/h12-13H,3-11,16H2,1-2H3;1H. The number of halogens is 1. The van der Waals surface area contributed by atoms with Gasteiger partial charge >= 0.3 is 0 Å². The number of rotatable bonds is 5. The van der Waals surface area contributed by atoms with Gasteiger partial charge < -0.3 is 20.1 Å². The van der Waals surface area contributed by atoms with E-state index in [0.717, 1.165) is 32.3 Å². The number of carbonyl (C=O) groups excluding carboxylic acids is 1. The van der Waals surface area contributed by atoms with Gasteiger partial charge in [0.2, 0.25) is 5.91 Å². The van der Waals surface area contributed by atoms with Gasteiger partial charge in [-0.05, 0) is 25.7 Å². The Labute approximate surface area is 133 Å². The van der Waals surface area contributed by atoms with Crippen molar-refractivity contribution in [3.63, 3.8) is 0 Å². The summed E-state index contributed by atoms with van der Waals surface area (Å²) >= 11 is 0. The molecule has 0 aliphatic carbocycles. The third-order valence-electron chi connectivity index (χ3n) is 4.96. The molecule has 6 heteroatoms. The lowest BCUT2D eigenvalue weighted by atomic mass is 9.80. The number of hydrogen-bond acceptors (Lipinski definition) is 4. The summed E-state index contributed by atoms with van der Waals surface area (Å²) in [6.07, 6.45) is 3.90. The highest BCUT2D eigenvalue weighted by molar-refractivity contribution is 5.85. The van der Waals surface area contributed by atoms with Gasteiger partial charge in [0, 0.05) is 26.2 Å². The third kappa shape index (κ3) is 3.89. The van der Waals surface area contributed by atoms with Crippen molar-refractivity contribution in [2.24, 2.45) is 11.1 Å². The molecular formula is C15H29ClN2O3. The van der Waals surface area contributed by atoms with E-state index in [9.17, 15) is 4.79 Å². The lowest BCUT2D eigenvalue weighted by Gasteiger charge is -2.40. The van der Waals surface area contributed by atoms with E-state index in [1.54, 1.807) is 0 Å². The first kappa shape index (κ1) is 18.7. The van der Waals surface area contributed by atoms with Gasteiger partial charge in [-0.25, -0.2) is 0 Å². The first-order valence-electron chi connectivity index (χ1n) is 7.89. The van der Waals surface area contributed by atoms with Gasteiger partial charge in [0.15, 0.2) is 0 Å². The van der Waals surface area contributed by atoms with Crippen molar-refractivity contribution in [2.45, 2.75) is 51.7 Å². The largest absolute Gasteiger partial charge is 0.375 e. The topological polar surface area (TPSA) is 64.8 Å². The smallest absolute Gasteiger partial charge is 0.230 e. The molecule has 2 unspecified atom stereocenters. The van der Waals surface area contributed by atoms with Crippen molar-refractivity contribution in [1.82, 2.24) is 4.90 Å². The molecule has 2 N–H and O–H groups in total. The van der Waals surface area contributed by atoms with Gasteiger partial charge in [0.05, 0.1) is 18.1 Å². The van der Waals surface area contributed by atoms with Crippen molar-refractivity contribution >= 4 is 18.3 Å². The summed E-state index contributed by atoms with van der Waals surface area (Å²) in [5.74, 6) is 0.191. The van der Waals surface area contributed by atoms with E-state index >= 15 is 0 Å². The molecule has 0 saturated carbocycles. The quantitative estimate of drug-likeness (QED) is 0.835. The van der Waals surface area contributed by atoms with Gasteiger partial charge in [-0.1, -0.05) is 13.8 Å².